The summed E-state index contributed by atoms with van der Waals surface area (Å²) in [5.74, 6) is -0.443. The van der Waals surface area contributed by atoms with Crippen molar-refractivity contribution in [3.63, 3.8) is 0 Å². The zero-order chi connectivity index (χ0) is 9.14. The molecule has 0 saturated carbocycles. The molecule has 1 aromatic heterocycles. The van der Waals surface area contributed by atoms with E-state index in [4.69, 9.17) is 28.9 Å². The summed E-state index contributed by atoms with van der Waals surface area (Å²) in [5.41, 5.74) is 5.56. The highest BCUT2D eigenvalue weighted by Gasteiger charge is 2.04. The highest BCUT2D eigenvalue weighted by atomic mass is 35.5. The second-order valence-electron chi connectivity index (χ2n) is 2.23. The number of hydrogen-bond acceptors (Lipinski definition) is 2. The SMILES string of the molecule is NC(=O)Cc1ccc(Cl)nc1Cl. The van der Waals surface area contributed by atoms with Crippen molar-refractivity contribution in [1.29, 1.82) is 0 Å². The maximum Gasteiger partial charge on any atom is 0.221 e. The quantitative estimate of drug-likeness (QED) is 0.742. The Morgan fingerprint density at radius 2 is 2.17 bits per heavy atom. The highest BCUT2D eigenvalue weighted by Crippen LogP contribution is 2.16. The molecule has 0 fully saturated rings. The molecule has 0 radical (unpaired) electrons. The van der Waals surface area contributed by atoms with E-state index in [2.05, 4.69) is 4.98 Å². The summed E-state index contributed by atoms with van der Waals surface area (Å²) in [7, 11) is 0. The van der Waals surface area contributed by atoms with Gasteiger partial charge in [0.25, 0.3) is 0 Å². The van der Waals surface area contributed by atoms with Crippen molar-refractivity contribution in [3.05, 3.63) is 28.0 Å². The highest BCUT2D eigenvalue weighted by molar-refractivity contribution is 6.32. The van der Waals surface area contributed by atoms with Crippen molar-refractivity contribution < 1.29 is 4.79 Å². The number of nitrogens with zero attached hydrogens (tertiary/aromatic N) is 1. The van der Waals surface area contributed by atoms with Gasteiger partial charge < -0.3 is 5.73 Å². The monoisotopic (exact) mass is 204 g/mol. The van der Waals surface area contributed by atoms with Gasteiger partial charge in [-0.15, -0.1) is 0 Å². The molecule has 0 unspecified atom stereocenters. The van der Waals surface area contributed by atoms with Crippen LogP contribution in [0.25, 0.3) is 0 Å². The average Bonchev–Trinajstić information content (AvgIpc) is 1.94. The number of carbonyl (C=O) groups is 1. The van der Waals surface area contributed by atoms with Gasteiger partial charge >= 0.3 is 0 Å². The summed E-state index contributed by atoms with van der Waals surface area (Å²) in [6.45, 7) is 0. The van der Waals surface area contributed by atoms with E-state index in [9.17, 15) is 4.79 Å². The first-order valence-electron chi connectivity index (χ1n) is 3.19. The van der Waals surface area contributed by atoms with E-state index < -0.39 is 5.91 Å². The number of pyridine rings is 1. The van der Waals surface area contributed by atoms with E-state index in [-0.39, 0.29) is 11.6 Å². The van der Waals surface area contributed by atoms with E-state index in [1.165, 1.54) is 0 Å². The molecule has 12 heavy (non-hydrogen) atoms. The predicted octanol–water partition coefficient (Wildman–Crippen LogP) is 1.42. The number of rotatable bonds is 2. The van der Waals surface area contributed by atoms with Gasteiger partial charge in [0.1, 0.15) is 10.3 Å². The molecule has 0 aliphatic rings. The fourth-order valence-electron chi connectivity index (χ4n) is 0.761. The van der Waals surface area contributed by atoms with Gasteiger partial charge in [0.05, 0.1) is 6.42 Å². The molecule has 0 aliphatic heterocycles. The zero-order valence-corrected chi connectivity index (χ0v) is 7.56. The van der Waals surface area contributed by atoms with Crippen LogP contribution >= 0.6 is 23.2 Å². The maximum absolute atomic E-state index is 10.5. The van der Waals surface area contributed by atoms with Gasteiger partial charge in [0.2, 0.25) is 5.91 Å². The Morgan fingerprint density at radius 1 is 1.50 bits per heavy atom. The summed E-state index contributed by atoms with van der Waals surface area (Å²) in [5, 5.41) is 0.523. The third-order valence-electron chi connectivity index (χ3n) is 1.26. The fourth-order valence-corrected chi connectivity index (χ4v) is 1.17. The van der Waals surface area contributed by atoms with Crippen LogP contribution in [0.1, 0.15) is 5.56 Å². The Hall–Kier alpha value is -0.800. The van der Waals surface area contributed by atoms with Crippen molar-refractivity contribution in [2.24, 2.45) is 5.73 Å². The number of aromatic nitrogens is 1. The summed E-state index contributed by atoms with van der Waals surface area (Å²) in [6.07, 6.45) is 0.0863. The number of hydrogen-bond donors (Lipinski definition) is 1. The number of amides is 1. The predicted molar refractivity (Wildman–Crippen MR) is 47.2 cm³/mol. The number of halogens is 2. The van der Waals surface area contributed by atoms with Crippen LogP contribution in [-0.4, -0.2) is 10.9 Å². The minimum absolute atomic E-state index is 0.0863. The van der Waals surface area contributed by atoms with Gasteiger partial charge in [-0.2, -0.15) is 0 Å². The van der Waals surface area contributed by atoms with Crippen molar-refractivity contribution in [2.45, 2.75) is 6.42 Å². The molecule has 0 spiro atoms. The molecular weight excluding hydrogens is 199 g/mol. The first kappa shape index (κ1) is 9.29. The van der Waals surface area contributed by atoms with E-state index in [1.54, 1.807) is 12.1 Å². The van der Waals surface area contributed by atoms with Gasteiger partial charge in [-0.25, -0.2) is 4.98 Å². The van der Waals surface area contributed by atoms with Crippen LogP contribution in [0.2, 0.25) is 10.3 Å². The Kier molecular flexibility index (Phi) is 2.89. The summed E-state index contributed by atoms with van der Waals surface area (Å²) >= 11 is 11.2. The van der Waals surface area contributed by atoms with Crippen LogP contribution in [0.15, 0.2) is 12.1 Å². The number of nitrogens with two attached hydrogens (primary N) is 1. The summed E-state index contributed by atoms with van der Waals surface area (Å²) < 4.78 is 0. The number of carbonyl (C=O) groups excluding carboxylic acids is 1. The van der Waals surface area contributed by atoms with E-state index in [1.807, 2.05) is 0 Å². The first-order chi connectivity index (χ1) is 5.59. The Bertz CT molecular complexity index is 314. The molecule has 0 aromatic carbocycles. The van der Waals surface area contributed by atoms with E-state index in [0.717, 1.165) is 0 Å². The lowest BCUT2D eigenvalue weighted by atomic mass is 10.2. The van der Waals surface area contributed by atoms with Gasteiger partial charge in [-0.05, 0) is 11.6 Å². The van der Waals surface area contributed by atoms with Crippen molar-refractivity contribution >= 4 is 29.1 Å². The molecule has 0 saturated heterocycles. The molecule has 0 aliphatic carbocycles. The molecule has 0 atom stereocenters. The van der Waals surface area contributed by atoms with Gasteiger partial charge in [-0.1, -0.05) is 29.3 Å². The second-order valence-corrected chi connectivity index (χ2v) is 2.97. The Balaban J connectivity index is 2.93. The van der Waals surface area contributed by atoms with Gasteiger partial charge in [-0.3, -0.25) is 4.79 Å². The lowest BCUT2D eigenvalue weighted by Gasteiger charge is -1.99. The fraction of sp³-hybridized carbons (Fsp3) is 0.143. The molecule has 0 bridgehead atoms. The Labute approximate surface area is 79.5 Å². The van der Waals surface area contributed by atoms with Crippen LogP contribution < -0.4 is 5.73 Å². The lowest BCUT2D eigenvalue weighted by Crippen LogP contribution is -2.14. The summed E-state index contributed by atoms with van der Waals surface area (Å²) in [6, 6.07) is 3.19. The zero-order valence-electron chi connectivity index (χ0n) is 6.05. The minimum atomic E-state index is -0.443. The molecule has 5 heteroatoms. The summed E-state index contributed by atoms with van der Waals surface area (Å²) in [4.78, 5) is 14.3. The first-order valence-corrected chi connectivity index (χ1v) is 3.94. The van der Waals surface area contributed by atoms with Crippen molar-refractivity contribution in [2.75, 3.05) is 0 Å². The third-order valence-corrected chi connectivity index (χ3v) is 1.79. The van der Waals surface area contributed by atoms with Gasteiger partial charge in [0.15, 0.2) is 0 Å². The molecule has 2 N–H and O–H groups in total. The van der Waals surface area contributed by atoms with Crippen LogP contribution in [0.5, 0.6) is 0 Å². The molecule has 1 amide bonds. The van der Waals surface area contributed by atoms with Crippen molar-refractivity contribution in [3.8, 4) is 0 Å². The minimum Gasteiger partial charge on any atom is -0.369 e. The normalized spacial score (nSPS) is 9.83. The molecule has 1 aromatic rings. The average molecular weight is 205 g/mol. The van der Waals surface area contributed by atoms with Crippen LogP contribution in [0, 0.1) is 0 Å². The smallest absolute Gasteiger partial charge is 0.221 e. The molecule has 1 heterocycles. The standard InChI is InChI=1S/C7H6Cl2N2O/c8-5-2-1-4(3-6(10)12)7(9)11-5/h1-2H,3H2,(H2,10,12). The van der Waals surface area contributed by atoms with Crippen molar-refractivity contribution in [1.82, 2.24) is 4.98 Å². The van der Waals surface area contributed by atoms with E-state index in [0.29, 0.717) is 10.7 Å². The second kappa shape index (κ2) is 3.74. The molecule has 64 valence electrons. The number of primary amides is 1. The third kappa shape index (κ3) is 2.36. The lowest BCUT2D eigenvalue weighted by molar-refractivity contribution is -0.117. The van der Waals surface area contributed by atoms with Crippen LogP contribution in [0.3, 0.4) is 0 Å². The maximum atomic E-state index is 10.5. The van der Waals surface area contributed by atoms with Crippen LogP contribution in [-0.2, 0) is 11.2 Å². The van der Waals surface area contributed by atoms with E-state index >= 15 is 0 Å². The molecule has 3 nitrogen and oxygen atoms in total. The van der Waals surface area contributed by atoms with Gasteiger partial charge in [0, 0.05) is 0 Å². The largest absolute Gasteiger partial charge is 0.369 e. The topological polar surface area (TPSA) is 56.0 Å². The molecular formula is C7H6Cl2N2O. The molecule has 1 rings (SSSR count). The van der Waals surface area contributed by atoms with Crippen LogP contribution in [0.4, 0.5) is 0 Å². The Morgan fingerprint density at radius 3 is 2.67 bits per heavy atom.